The van der Waals surface area contributed by atoms with E-state index in [1.54, 1.807) is 0 Å². The average molecular weight is 513 g/mol. The molecule has 0 aliphatic carbocycles. The lowest BCUT2D eigenvalue weighted by atomic mass is 9.88. The summed E-state index contributed by atoms with van der Waals surface area (Å²) < 4.78 is 10.7. The van der Waals surface area contributed by atoms with E-state index >= 15 is 0 Å². The Morgan fingerprint density at radius 3 is 2.17 bits per heavy atom. The molecule has 0 saturated carbocycles. The highest BCUT2D eigenvalue weighted by molar-refractivity contribution is 6.01. The molecule has 0 aromatic rings. The maximum Gasteiger partial charge on any atom is 0.312 e. The molecule has 1 saturated heterocycles. The van der Waals surface area contributed by atoms with Crippen LogP contribution in [0, 0.1) is 11.8 Å². The smallest absolute Gasteiger partial charge is 0.312 e. The summed E-state index contributed by atoms with van der Waals surface area (Å²) in [6.45, 7) is 6.47. The Bertz CT molecular complexity index is 770. The number of imide groups is 1. The zero-order chi connectivity index (χ0) is 27.1. The number of ketones is 2. The van der Waals surface area contributed by atoms with E-state index in [4.69, 9.17) is 15.2 Å². The van der Waals surface area contributed by atoms with Crippen LogP contribution in [0.15, 0.2) is 0 Å². The lowest BCUT2D eigenvalue weighted by Gasteiger charge is -2.23. The summed E-state index contributed by atoms with van der Waals surface area (Å²) >= 11 is 0. The number of amides is 5. The minimum absolute atomic E-state index is 0.0114. The first-order valence-corrected chi connectivity index (χ1v) is 12.4. The molecule has 1 rings (SSSR count). The summed E-state index contributed by atoms with van der Waals surface area (Å²) in [5.74, 6) is -1.68. The molecule has 204 valence electrons. The van der Waals surface area contributed by atoms with E-state index in [9.17, 15) is 28.8 Å². The maximum atomic E-state index is 12.8. The van der Waals surface area contributed by atoms with Gasteiger partial charge in [-0.05, 0) is 25.7 Å². The fraction of sp³-hybridized carbons (Fsp3) is 0.750. The van der Waals surface area contributed by atoms with Gasteiger partial charge in [0.1, 0.15) is 5.78 Å². The Balaban J connectivity index is 2.29. The van der Waals surface area contributed by atoms with Crippen molar-refractivity contribution in [3.8, 4) is 0 Å². The number of hydrogen-bond acceptors (Lipinski definition) is 8. The third kappa shape index (κ3) is 12.2. The van der Waals surface area contributed by atoms with E-state index in [0.29, 0.717) is 19.4 Å². The van der Waals surface area contributed by atoms with Crippen molar-refractivity contribution in [2.75, 3.05) is 39.5 Å². The van der Waals surface area contributed by atoms with Gasteiger partial charge in [0.15, 0.2) is 5.78 Å². The van der Waals surface area contributed by atoms with Crippen molar-refractivity contribution < 1.29 is 38.2 Å². The number of Topliss-reactive ketones (excluding diaryl/α,β-unsaturated/α-hetero) is 2. The second kappa shape index (κ2) is 16.7. The van der Waals surface area contributed by atoms with Gasteiger partial charge in [0, 0.05) is 38.1 Å². The molecular weight excluding hydrogens is 472 g/mol. The summed E-state index contributed by atoms with van der Waals surface area (Å²) in [4.78, 5) is 72.1. The number of primary amides is 1. The second-order valence-corrected chi connectivity index (χ2v) is 9.11. The largest absolute Gasteiger partial charge is 0.379 e. The molecule has 5 amide bonds. The molecule has 0 aromatic heterocycles. The number of rotatable bonds is 19. The van der Waals surface area contributed by atoms with Gasteiger partial charge in [0.25, 0.3) is 0 Å². The Kier molecular flexibility index (Phi) is 14.5. The molecule has 0 unspecified atom stereocenters. The van der Waals surface area contributed by atoms with E-state index in [-0.39, 0.29) is 93.9 Å². The van der Waals surface area contributed by atoms with Crippen LogP contribution >= 0.6 is 0 Å². The molecule has 12 nitrogen and oxygen atoms in total. The predicted molar refractivity (Wildman–Crippen MR) is 130 cm³/mol. The monoisotopic (exact) mass is 512 g/mol. The molecule has 0 bridgehead atoms. The molecule has 1 aliphatic heterocycles. The van der Waals surface area contributed by atoms with Crippen LogP contribution in [0.1, 0.15) is 59.3 Å². The molecule has 36 heavy (non-hydrogen) atoms. The molecule has 0 spiro atoms. The van der Waals surface area contributed by atoms with E-state index in [1.807, 2.05) is 13.8 Å². The molecule has 1 aliphatic rings. The molecule has 4 N–H and O–H groups in total. The van der Waals surface area contributed by atoms with Gasteiger partial charge in [-0.1, -0.05) is 13.8 Å². The first-order valence-electron chi connectivity index (χ1n) is 12.4. The van der Waals surface area contributed by atoms with Crippen LogP contribution in [0.4, 0.5) is 4.79 Å². The first kappa shape index (κ1) is 31.2. The molecule has 0 radical (unpaired) electrons. The fourth-order valence-electron chi connectivity index (χ4n) is 3.76. The highest BCUT2D eigenvalue weighted by Gasteiger charge is 2.29. The predicted octanol–water partition coefficient (Wildman–Crippen LogP) is 0.312. The van der Waals surface area contributed by atoms with Crippen molar-refractivity contribution in [2.24, 2.45) is 17.6 Å². The molecular formula is C24H40N4O8. The quantitative estimate of drug-likeness (QED) is 0.164. The van der Waals surface area contributed by atoms with Gasteiger partial charge in [-0.15, -0.1) is 0 Å². The van der Waals surface area contributed by atoms with Crippen molar-refractivity contribution in [3.05, 3.63) is 0 Å². The van der Waals surface area contributed by atoms with Gasteiger partial charge < -0.3 is 25.8 Å². The Morgan fingerprint density at radius 2 is 1.61 bits per heavy atom. The summed E-state index contributed by atoms with van der Waals surface area (Å²) in [5, 5.41) is 5.19. The first-order chi connectivity index (χ1) is 17.0. The third-order valence-corrected chi connectivity index (χ3v) is 5.84. The minimum atomic E-state index is -0.720. The standard InChI is InChI=1S/C24H40N4O8/c1-16(2)23(19(30)15-18(17(3)29)5-4-9-26-24(25)34)27-20(31)8-11-35-13-14-36-12-10-28-21(32)6-7-22(28)33/h16,18,23H,4-15H2,1-3H3,(H,27,31)(H3,25,26,34)/t18-,23+/m1/s1. The zero-order valence-corrected chi connectivity index (χ0v) is 21.5. The van der Waals surface area contributed by atoms with E-state index in [0.717, 1.165) is 0 Å². The van der Waals surface area contributed by atoms with Gasteiger partial charge in [0.2, 0.25) is 17.7 Å². The van der Waals surface area contributed by atoms with Crippen LogP contribution in [-0.4, -0.2) is 85.8 Å². The minimum Gasteiger partial charge on any atom is -0.379 e. The summed E-state index contributed by atoms with van der Waals surface area (Å²) in [6.07, 6.45) is 1.51. The molecule has 12 heteroatoms. The van der Waals surface area contributed by atoms with E-state index in [1.165, 1.54) is 11.8 Å². The van der Waals surface area contributed by atoms with Crippen molar-refractivity contribution in [2.45, 2.75) is 65.3 Å². The SMILES string of the molecule is CC(=O)[C@H](CCCNC(N)=O)CC(=O)[C@@H](NC(=O)CCOCCOCCN1C(=O)CCC1=O)C(C)C. The van der Waals surface area contributed by atoms with Gasteiger partial charge in [-0.25, -0.2) is 4.79 Å². The normalized spacial score (nSPS) is 15.2. The topological polar surface area (TPSA) is 174 Å². The number of carbonyl (C=O) groups is 6. The van der Waals surface area contributed by atoms with Gasteiger partial charge in [0.05, 0.1) is 39.0 Å². The number of urea groups is 1. The number of carbonyl (C=O) groups excluding carboxylic acids is 6. The molecule has 2 atom stereocenters. The number of nitrogens with two attached hydrogens (primary N) is 1. The van der Waals surface area contributed by atoms with Crippen molar-refractivity contribution in [1.29, 1.82) is 0 Å². The molecule has 1 fully saturated rings. The fourth-order valence-corrected chi connectivity index (χ4v) is 3.76. The van der Waals surface area contributed by atoms with Crippen LogP contribution in [0.25, 0.3) is 0 Å². The Hall–Kier alpha value is -2.86. The van der Waals surface area contributed by atoms with Crippen molar-refractivity contribution in [1.82, 2.24) is 15.5 Å². The van der Waals surface area contributed by atoms with Crippen LogP contribution in [0.3, 0.4) is 0 Å². The zero-order valence-electron chi connectivity index (χ0n) is 21.5. The summed E-state index contributed by atoms with van der Waals surface area (Å²) in [6, 6.07) is -1.36. The van der Waals surface area contributed by atoms with Crippen molar-refractivity contribution >= 4 is 35.3 Å². The lowest BCUT2D eigenvalue weighted by Crippen LogP contribution is -2.45. The maximum absolute atomic E-state index is 12.8. The highest BCUT2D eigenvalue weighted by Crippen LogP contribution is 2.17. The summed E-state index contributed by atoms with van der Waals surface area (Å²) in [7, 11) is 0. The summed E-state index contributed by atoms with van der Waals surface area (Å²) in [5.41, 5.74) is 5.02. The van der Waals surface area contributed by atoms with Gasteiger partial charge >= 0.3 is 6.03 Å². The number of ether oxygens (including phenoxy) is 2. The average Bonchev–Trinajstić information content (AvgIpc) is 3.12. The van der Waals surface area contributed by atoms with Crippen LogP contribution in [0.5, 0.6) is 0 Å². The molecule has 0 aromatic carbocycles. The number of nitrogens with zero attached hydrogens (tertiary/aromatic N) is 1. The number of hydrogen-bond donors (Lipinski definition) is 3. The van der Waals surface area contributed by atoms with Crippen LogP contribution in [0.2, 0.25) is 0 Å². The van der Waals surface area contributed by atoms with E-state index in [2.05, 4.69) is 10.6 Å². The third-order valence-electron chi connectivity index (χ3n) is 5.84. The Morgan fingerprint density at radius 1 is 1.00 bits per heavy atom. The number of likely N-dealkylation sites (tertiary alicyclic amines) is 1. The van der Waals surface area contributed by atoms with Crippen LogP contribution < -0.4 is 16.4 Å². The Labute approximate surface area is 212 Å². The van der Waals surface area contributed by atoms with Crippen LogP contribution in [-0.2, 0) is 33.4 Å². The van der Waals surface area contributed by atoms with E-state index < -0.39 is 18.0 Å². The van der Waals surface area contributed by atoms with Gasteiger partial charge in [-0.2, -0.15) is 0 Å². The van der Waals surface area contributed by atoms with Crippen molar-refractivity contribution in [3.63, 3.8) is 0 Å². The second-order valence-electron chi connectivity index (χ2n) is 9.11. The molecule has 1 heterocycles. The number of nitrogens with one attached hydrogen (secondary N) is 2. The highest BCUT2D eigenvalue weighted by atomic mass is 16.5. The van der Waals surface area contributed by atoms with Gasteiger partial charge in [-0.3, -0.25) is 28.9 Å². The lowest BCUT2D eigenvalue weighted by molar-refractivity contribution is -0.139.